The fourth-order valence-electron chi connectivity index (χ4n) is 1.68. The van der Waals surface area contributed by atoms with E-state index >= 15 is 0 Å². The van der Waals surface area contributed by atoms with Crippen LogP contribution < -0.4 is 10.6 Å². The maximum atomic E-state index is 11.7. The summed E-state index contributed by atoms with van der Waals surface area (Å²) in [4.78, 5) is 24.1. The predicted octanol–water partition coefficient (Wildman–Crippen LogP) is 0.879. The minimum absolute atomic E-state index is 0.0197. The number of fused-ring (bicyclic) bond motifs is 1. The Balaban J connectivity index is 2.13. The van der Waals surface area contributed by atoms with E-state index in [1.165, 1.54) is 0 Å². The van der Waals surface area contributed by atoms with Crippen molar-refractivity contribution in [3.8, 4) is 6.01 Å². The molecule has 1 aromatic carbocycles. The molecule has 2 heterocycles. The summed E-state index contributed by atoms with van der Waals surface area (Å²) in [7, 11) is 0. The largest absolute Gasteiger partial charge is 0.480 e. The quantitative estimate of drug-likeness (QED) is 0.507. The lowest BCUT2D eigenvalue weighted by atomic mass is 10.3. The number of nitrogens with zero attached hydrogens (tertiary/aromatic N) is 3. The second-order valence-corrected chi connectivity index (χ2v) is 3.80. The number of H-pyrrole nitrogens is 2. The van der Waals surface area contributed by atoms with E-state index in [0.717, 1.165) is 5.06 Å². The lowest BCUT2D eigenvalue weighted by Crippen LogP contribution is -2.19. The lowest BCUT2D eigenvalue weighted by Gasteiger charge is -2.14. The van der Waals surface area contributed by atoms with Crippen LogP contribution in [-0.4, -0.2) is 30.2 Å². The number of imidazole rings is 1. The van der Waals surface area contributed by atoms with Gasteiger partial charge < -0.3 is 10.1 Å². The Morgan fingerprint density at radius 2 is 1.84 bits per heavy atom. The van der Waals surface area contributed by atoms with Gasteiger partial charge in [-0.05, 0) is 12.1 Å². The van der Waals surface area contributed by atoms with Gasteiger partial charge in [-0.1, -0.05) is 18.2 Å². The third-order valence-electron chi connectivity index (χ3n) is 2.54. The minimum Gasteiger partial charge on any atom is -0.480 e. The predicted molar refractivity (Wildman–Crippen MR) is 66.5 cm³/mol. The molecule has 0 aliphatic carbocycles. The fourth-order valence-corrected chi connectivity index (χ4v) is 1.68. The molecule has 8 nitrogen and oxygen atoms in total. The van der Waals surface area contributed by atoms with Crippen LogP contribution in [0.2, 0.25) is 0 Å². The smallest absolute Gasteiger partial charge is 0.293 e. The molecule has 0 spiro atoms. The summed E-state index contributed by atoms with van der Waals surface area (Å²) < 4.78 is 0. The molecule has 3 aromatic rings. The van der Waals surface area contributed by atoms with Crippen LogP contribution in [0.15, 0.2) is 35.1 Å². The van der Waals surface area contributed by atoms with Crippen molar-refractivity contribution in [2.24, 2.45) is 0 Å². The van der Waals surface area contributed by atoms with Gasteiger partial charge in [-0.3, -0.25) is 15.0 Å². The molecule has 19 heavy (non-hydrogen) atoms. The van der Waals surface area contributed by atoms with Gasteiger partial charge in [0.05, 0.1) is 5.69 Å². The zero-order valence-corrected chi connectivity index (χ0v) is 9.53. The van der Waals surface area contributed by atoms with E-state index in [2.05, 4.69) is 19.9 Å². The van der Waals surface area contributed by atoms with Gasteiger partial charge in [0, 0.05) is 0 Å². The summed E-state index contributed by atoms with van der Waals surface area (Å²) in [5.41, 5.74) is -0.0403. The third kappa shape index (κ3) is 1.89. The maximum absolute atomic E-state index is 11.7. The third-order valence-corrected chi connectivity index (χ3v) is 2.54. The van der Waals surface area contributed by atoms with E-state index in [1.807, 2.05) is 0 Å². The normalized spacial score (nSPS) is 10.8. The Labute approximate surface area is 106 Å². The van der Waals surface area contributed by atoms with Crippen LogP contribution in [0.25, 0.3) is 11.2 Å². The van der Waals surface area contributed by atoms with Crippen LogP contribution in [0.3, 0.4) is 0 Å². The molecule has 4 N–H and O–H groups in total. The van der Waals surface area contributed by atoms with Gasteiger partial charge in [-0.15, -0.1) is 0 Å². The van der Waals surface area contributed by atoms with Crippen LogP contribution in [-0.2, 0) is 0 Å². The topological polar surface area (TPSA) is 118 Å². The van der Waals surface area contributed by atoms with Crippen molar-refractivity contribution in [2.75, 3.05) is 5.06 Å². The molecule has 96 valence electrons. The standard InChI is InChI=1S/C11H9N5O3/c17-9-7-8(14-11(18)12-7)13-10(15-9)16(19)6-4-2-1-3-5-6/h1-5,19H,(H3,12,13,14,15,17,18). The first-order valence-electron chi connectivity index (χ1n) is 5.38. The van der Waals surface area contributed by atoms with E-state index < -0.39 is 11.6 Å². The highest BCUT2D eigenvalue weighted by Gasteiger charge is 2.13. The first kappa shape index (κ1) is 11.2. The number of para-hydroxylation sites is 1. The second-order valence-electron chi connectivity index (χ2n) is 3.80. The highest BCUT2D eigenvalue weighted by Crippen LogP contribution is 2.19. The van der Waals surface area contributed by atoms with Gasteiger partial charge in [-0.2, -0.15) is 15.0 Å². The second kappa shape index (κ2) is 4.10. The van der Waals surface area contributed by atoms with E-state index in [1.54, 1.807) is 30.3 Å². The van der Waals surface area contributed by atoms with Crippen LogP contribution in [0.5, 0.6) is 6.01 Å². The lowest BCUT2D eigenvalue weighted by molar-refractivity contribution is 0.294. The van der Waals surface area contributed by atoms with Crippen LogP contribution in [0, 0.1) is 0 Å². The van der Waals surface area contributed by atoms with Crippen LogP contribution >= 0.6 is 0 Å². The molecule has 0 unspecified atom stereocenters. The number of rotatable bonds is 2. The summed E-state index contributed by atoms with van der Waals surface area (Å²) in [6.45, 7) is 0. The Morgan fingerprint density at radius 1 is 1.11 bits per heavy atom. The average Bonchev–Trinajstić information content (AvgIpc) is 2.80. The van der Waals surface area contributed by atoms with Crippen molar-refractivity contribution in [3.05, 3.63) is 40.7 Å². The van der Waals surface area contributed by atoms with E-state index in [4.69, 9.17) is 0 Å². The molecular formula is C11H9N5O3. The Hall–Kier alpha value is -2.87. The molecule has 0 amide bonds. The van der Waals surface area contributed by atoms with Crippen LogP contribution in [0.4, 0.5) is 11.6 Å². The summed E-state index contributed by atoms with van der Waals surface area (Å²) in [5, 5.41) is 19.9. The number of aromatic amines is 2. The highest BCUT2D eigenvalue weighted by molar-refractivity contribution is 5.72. The van der Waals surface area contributed by atoms with Crippen molar-refractivity contribution in [2.45, 2.75) is 0 Å². The highest BCUT2D eigenvalue weighted by atomic mass is 16.5. The Morgan fingerprint density at radius 3 is 2.58 bits per heavy atom. The average molecular weight is 259 g/mol. The molecule has 0 saturated heterocycles. The minimum atomic E-state index is -0.539. The van der Waals surface area contributed by atoms with E-state index in [-0.39, 0.29) is 17.1 Å². The van der Waals surface area contributed by atoms with Gasteiger partial charge in [-0.25, -0.2) is 0 Å². The summed E-state index contributed by atoms with van der Waals surface area (Å²) >= 11 is 0. The molecule has 2 aromatic heterocycles. The first-order valence-corrected chi connectivity index (χ1v) is 5.38. The Kier molecular flexibility index (Phi) is 2.43. The van der Waals surface area contributed by atoms with E-state index in [9.17, 15) is 15.1 Å². The monoisotopic (exact) mass is 259 g/mol. The first-order chi connectivity index (χ1) is 9.15. The van der Waals surface area contributed by atoms with Crippen molar-refractivity contribution >= 4 is 22.8 Å². The SMILES string of the molecule is O=c1[nH]c(N(O)c2ccccc2)nc2nc(O)[nH]c12. The molecule has 0 aliphatic rings. The fraction of sp³-hybridized carbons (Fsp3) is 0. The molecule has 3 rings (SSSR count). The number of aromatic hydroxyl groups is 1. The van der Waals surface area contributed by atoms with Crippen molar-refractivity contribution in [1.82, 2.24) is 19.9 Å². The summed E-state index contributed by atoms with van der Waals surface area (Å²) in [6, 6.07) is 8.14. The number of nitrogens with one attached hydrogen (secondary N) is 2. The van der Waals surface area contributed by atoms with Crippen molar-refractivity contribution < 1.29 is 10.3 Å². The number of aromatic nitrogens is 4. The summed E-state index contributed by atoms with van der Waals surface area (Å²) in [6.07, 6.45) is 0. The molecule has 8 heteroatoms. The molecule has 0 aliphatic heterocycles. The van der Waals surface area contributed by atoms with Crippen molar-refractivity contribution in [3.63, 3.8) is 0 Å². The Bertz CT molecular complexity index is 780. The van der Waals surface area contributed by atoms with Gasteiger partial charge in [0.2, 0.25) is 5.95 Å². The van der Waals surface area contributed by atoms with Gasteiger partial charge >= 0.3 is 0 Å². The number of hydrogen-bond donors (Lipinski definition) is 4. The molecule has 0 radical (unpaired) electrons. The van der Waals surface area contributed by atoms with Crippen LogP contribution in [0.1, 0.15) is 0 Å². The number of benzene rings is 1. The van der Waals surface area contributed by atoms with Gasteiger partial charge in [0.15, 0.2) is 11.2 Å². The van der Waals surface area contributed by atoms with Crippen molar-refractivity contribution in [1.29, 1.82) is 0 Å². The summed E-state index contributed by atoms with van der Waals surface area (Å²) in [5.74, 6) is -0.0878. The number of hydrogen-bond acceptors (Lipinski definition) is 6. The van der Waals surface area contributed by atoms with Gasteiger partial charge in [0.1, 0.15) is 0 Å². The number of anilines is 2. The molecule has 0 saturated carbocycles. The maximum Gasteiger partial charge on any atom is 0.293 e. The molecule has 0 atom stereocenters. The van der Waals surface area contributed by atoms with Gasteiger partial charge in [0.25, 0.3) is 11.6 Å². The zero-order valence-electron chi connectivity index (χ0n) is 9.53. The van der Waals surface area contributed by atoms with E-state index in [0.29, 0.717) is 5.69 Å². The molecule has 0 bridgehead atoms. The zero-order chi connectivity index (χ0) is 13.4. The molecule has 0 fully saturated rings. The molecular weight excluding hydrogens is 250 g/mol.